The lowest BCUT2D eigenvalue weighted by Gasteiger charge is -2.17. The summed E-state index contributed by atoms with van der Waals surface area (Å²) in [6, 6.07) is 0. The lowest BCUT2D eigenvalue weighted by atomic mass is 9.92. The molecule has 2 atom stereocenters. The Hall–Kier alpha value is 0.0900. The quantitative estimate of drug-likeness (QED) is 0.471. The molecule has 1 heteroatoms. The van der Waals surface area contributed by atoms with Crippen molar-refractivity contribution in [2.45, 2.75) is 32.4 Å². The van der Waals surface area contributed by atoms with Crippen LogP contribution < -0.4 is 0 Å². The van der Waals surface area contributed by atoms with Gasteiger partial charge in [-0.3, -0.25) is 0 Å². The van der Waals surface area contributed by atoms with Gasteiger partial charge in [0.2, 0.25) is 0 Å². The zero-order chi connectivity index (χ0) is 8.15. The standard InChI is InChI=1S/C9H18S/c1-5-9(7(2)3)6-8(4)10/h5,7-10H,1,6H2,2-4H3. The first-order valence-electron chi connectivity index (χ1n) is 3.88. The number of hydrogen-bond acceptors (Lipinski definition) is 1. The average Bonchev–Trinajstić information content (AvgIpc) is 1.81. The van der Waals surface area contributed by atoms with E-state index in [1.165, 1.54) is 0 Å². The summed E-state index contributed by atoms with van der Waals surface area (Å²) in [5, 5.41) is 0.491. The number of rotatable bonds is 4. The Morgan fingerprint density at radius 3 is 2.00 bits per heavy atom. The Bertz CT molecular complexity index is 94.9. The third kappa shape index (κ3) is 3.99. The van der Waals surface area contributed by atoms with Crippen molar-refractivity contribution in [1.82, 2.24) is 0 Å². The molecule has 0 aliphatic carbocycles. The van der Waals surface area contributed by atoms with Crippen LogP contribution in [0.15, 0.2) is 12.7 Å². The van der Waals surface area contributed by atoms with Crippen LogP contribution in [-0.4, -0.2) is 5.25 Å². The maximum atomic E-state index is 4.34. The molecule has 0 spiro atoms. The molecule has 0 heterocycles. The molecule has 0 radical (unpaired) electrons. The van der Waals surface area contributed by atoms with Gasteiger partial charge < -0.3 is 0 Å². The highest BCUT2D eigenvalue weighted by atomic mass is 32.1. The number of allylic oxidation sites excluding steroid dienone is 1. The van der Waals surface area contributed by atoms with Gasteiger partial charge in [-0.1, -0.05) is 26.8 Å². The molecule has 0 rings (SSSR count). The van der Waals surface area contributed by atoms with Gasteiger partial charge in [0.1, 0.15) is 0 Å². The molecule has 10 heavy (non-hydrogen) atoms. The Labute approximate surface area is 70.1 Å². The van der Waals surface area contributed by atoms with Crippen LogP contribution in [0.5, 0.6) is 0 Å². The van der Waals surface area contributed by atoms with Crippen molar-refractivity contribution in [3.63, 3.8) is 0 Å². The lowest BCUT2D eigenvalue weighted by Crippen LogP contribution is -2.09. The van der Waals surface area contributed by atoms with E-state index in [0.29, 0.717) is 17.1 Å². The van der Waals surface area contributed by atoms with E-state index in [1.54, 1.807) is 0 Å². The average molecular weight is 158 g/mol. The van der Waals surface area contributed by atoms with Gasteiger partial charge in [-0.2, -0.15) is 12.6 Å². The molecule has 0 amide bonds. The van der Waals surface area contributed by atoms with Gasteiger partial charge in [-0.05, 0) is 23.5 Å². The highest BCUT2D eigenvalue weighted by molar-refractivity contribution is 7.80. The van der Waals surface area contributed by atoms with Crippen molar-refractivity contribution in [3.8, 4) is 0 Å². The largest absolute Gasteiger partial charge is 0.176 e. The normalized spacial score (nSPS) is 16.9. The predicted molar refractivity (Wildman–Crippen MR) is 51.6 cm³/mol. The molecule has 0 aromatic rings. The summed E-state index contributed by atoms with van der Waals surface area (Å²) in [6.45, 7) is 10.4. The van der Waals surface area contributed by atoms with Crippen LogP contribution >= 0.6 is 12.6 Å². The Balaban J connectivity index is 3.71. The fourth-order valence-corrected chi connectivity index (χ4v) is 1.28. The minimum Gasteiger partial charge on any atom is -0.176 e. The van der Waals surface area contributed by atoms with Gasteiger partial charge in [0, 0.05) is 0 Å². The van der Waals surface area contributed by atoms with Crippen LogP contribution in [0.1, 0.15) is 27.2 Å². The first-order chi connectivity index (χ1) is 4.57. The second-order valence-electron chi connectivity index (χ2n) is 3.23. The summed E-state index contributed by atoms with van der Waals surface area (Å²) < 4.78 is 0. The lowest BCUT2D eigenvalue weighted by molar-refractivity contribution is 0.438. The molecule has 0 aromatic carbocycles. The summed E-state index contributed by atoms with van der Waals surface area (Å²) in [7, 11) is 0. The Morgan fingerprint density at radius 1 is 1.40 bits per heavy atom. The van der Waals surface area contributed by atoms with Crippen LogP contribution in [0.4, 0.5) is 0 Å². The molecule has 0 bridgehead atoms. The molecule has 60 valence electrons. The van der Waals surface area contributed by atoms with Crippen LogP contribution in [0, 0.1) is 11.8 Å². The van der Waals surface area contributed by atoms with Crippen molar-refractivity contribution in [3.05, 3.63) is 12.7 Å². The van der Waals surface area contributed by atoms with Crippen molar-refractivity contribution in [1.29, 1.82) is 0 Å². The molecular formula is C9H18S. The molecule has 0 saturated carbocycles. The third-order valence-electron chi connectivity index (χ3n) is 1.77. The summed E-state index contributed by atoms with van der Waals surface area (Å²) in [5.74, 6) is 1.33. The van der Waals surface area contributed by atoms with Crippen LogP contribution in [0.3, 0.4) is 0 Å². The van der Waals surface area contributed by atoms with E-state index in [0.717, 1.165) is 6.42 Å². The molecule has 0 saturated heterocycles. The van der Waals surface area contributed by atoms with Gasteiger partial charge in [0.15, 0.2) is 0 Å². The molecule has 0 aliphatic rings. The van der Waals surface area contributed by atoms with Gasteiger partial charge in [0.25, 0.3) is 0 Å². The fourth-order valence-electron chi connectivity index (χ4n) is 1.03. The van der Waals surface area contributed by atoms with Gasteiger partial charge >= 0.3 is 0 Å². The molecule has 0 aromatic heterocycles. The molecule has 2 unspecified atom stereocenters. The number of thiol groups is 1. The van der Waals surface area contributed by atoms with E-state index in [2.05, 4.69) is 40.0 Å². The maximum Gasteiger partial charge on any atom is -0.000589 e. The summed E-state index contributed by atoms with van der Waals surface area (Å²) >= 11 is 4.34. The fraction of sp³-hybridized carbons (Fsp3) is 0.778. The van der Waals surface area contributed by atoms with E-state index >= 15 is 0 Å². The van der Waals surface area contributed by atoms with E-state index in [4.69, 9.17) is 0 Å². The second-order valence-corrected chi connectivity index (χ2v) is 4.11. The minimum atomic E-state index is 0.491. The van der Waals surface area contributed by atoms with Crippen molar-refractivity contribution in [2.75, 3.05) is 0 Å². The highest BCUT2D eigenvalue weighted by Gasteiger charge is 2.10. The van der Waals surface area contributed by atoms with Crippen LogP contribution in [0.25, 0.3) is 0 Å². The maximum absolute atomic E-state index is 4.34. The van der Waals surface area contributed by atoms with E-state index in [9.17, 15) is 0 Å². The Kier molecular flexibility index (Phi) is 4.88. The van der Waals surface area contributed by atoms with Crippen molar-refractivity contribution >= 4 is 12.6 Å². The third-order valence-corrected chi connectivity index (χ3v) is 1.98. The van der Waals surface area contributed by atoms with Gasteiger partial charge in [-0.15, -0.1) is 6.58 Å². The topological polar surface area (TPSA) is 0 Å². The van der Waals surface area contributed by atoms with Gasteiger partial charge in [0.05, 0.1) is 0 Å². The number of hydrogen-bond donors (Lipinski definition) is 1. The van der Waals surface area contributed by atoms with E-state index < -0.39 is 0 Å². The first kappa shape index (κ1) is 10.1. The van der Waals surface area contributed by atoms with E-state index in [-0.39, 0.29) is 0 Å². The minimum absolute atomic E-state index is 0.491. The SMILES string of the molecule is C=CC(CC(C)S)C(C)C. The summed E-state index contributed by atoms with van der Waals surface area (Å²) in [5.41, 5.74) is 0. The highest BCUT2D eigenvalue weighted by Crippen LogP contribution is 2.19. The zero-order valence-corrected chi connectivity index (χ0v) is 8.07. The monoisotopic (exact) mass is 158 g/mol. The smallest absolute Gasteiger partial charge is 0.000589 e. The van der Waals surface area contributed by atoms with Gasteiger partial charge in [-0.25, -0.2) is 0 Å². The van der Waals surface area contributed by atoms with E-state index in [1.807, 2.05) is 6.08 Å². The van der Waals surface area contributed by atoms with Crippen molar-refractivity contribution < 1.29 is 0 Å². The molecule has 0 fully saturated rings. The van der Waals surface area contributed by atoms with Crippen LogP contribution in [-0.2, 0) is 0 Å². The predicted octanol–water partition coefficient (Wildman–Crippen LogP) is 3.15. The molecular weight excluding hydrogens is 140 g/mol. The Morgan fingerprint density at radius 2 is 1.90 bits per heavy atom. The molecule has 0 nitrogen and oxygen atoms in total. The summed E-state index contributed by atoms with van der Waals surface area (Å²) in [6.07, 6.45) is 3.18. The zero-order valence-electron chi connectivity index (χ0n) is 7.17. The first-order valence-corrected chi connectivity index (χ1v) is 4.40. The summed E-state index contributed by atoms with van der Waals surface area (Å²) in [4.78, 5) is 0. The molecule has 0 aliphatic heterocycles. The molecule has 0 N–H and O–H groups in total. The van der Waals surface area contributed by atoms with Crippen molar-refractivity contribution in [2.24, 2.45) is 11.8 Å². The van der Waals surface area contributed by atoms with Crippen LogP contribution in [0.2, 0.25) is 0 Å². The second kappa shape index (κ2) is 4.84.